The number of anilines is 3. The van der Waals surface area contributed by atoms with Crippen LogP contribution in [0, 0.1) is 45.6 Å². The number of hydrogen-bond donors (Lipinski definition) is 0. The molecule has 0 fully saturated rings. The topological polar surface area (TPSA) is 34.6 Å². The molecule has 0 aromatic heterocycles. The predicted octanol–water partition coefficient (Wildman–Crippen LogP) is 5.28. The van der Waals surface area contributed by atoms with E-state index in [9.17, 15) is 5.26 Å². The zero-order valence-electron chi connectivity index (χ0n) is 15.6. The summed E-state index contributed by atoms with van der Waals surface area (Å²) in [5.74, 6) is 0. The SMILES string of the molecule is [C-]#[N+]c1cc(C#N)c2c(c1)N(c1c(C)cc(C)c(C)c1C)[C@@H](C)N2C. The van der Waals surface area contributed by atoms with E-state index in [1.807, 2.05) is 13.1 Å². The van der Waals surface area contributed by atoms with Gasteiger partial charge in [0.15, 0.2) is 5.69 Å². The van der Waals surface area contributed by atoms with E-state index in [1.165, 1.54) is 27.9 Å². The van der Waals surface area contributed by atoms with Crippen molar-refractivity contribution in [1.29, 1.82) is 5.26 Å². The van der Waals surface area contributed by atoms with Gasteiger partial charge >= 0.3 is 0 Å². The number of aryl methyl sites for hydroxylation is 2. The zero-order chi connectivity index (χ0) is 18.5. The number of nitriles is 1. The molecule has 2 aromatic rings. The Balaban J connectivity index is 2.35. The van der Waals surface area contributed by atoms with Crippen molar-refractivity contribution in [3.8, 4) is 6.07 Å². The quantitative estimate of drug-likeness (QED) is 0.667. The van der Waals surface area contributed by atoms with Crippen LogP contribution in [-0.2, 0) is 0 Å². The monoisotopic (exact) mass is 330 g/mol. The van der Waals surface area contributed by atoms with Crippen molar-refractivity contribution < 1.29 is 0 Å². The largest absolute Gasteiger partial charge is 0.352 e. The van der Waals surface area contributed by atoms with E-state index in [4.69, 9.17) is 6.57 Å². The average Bonchev–Trinajstić information content (AvgIpc) is 2.84. The molecule has 4 nitrogen and oxygen atoms in total. The number of benzene rings is 2. The van der Waals surface area contributed by atoms with E-state index < -0.39 is 0 Å². The van der Waals surface area contributed by atoms with Crippen LogP contribution in [0.4, 0.5) is 22.7 Å². The highest BCUT2D eigenvalue weighted by Crippen LogP contribution is 2.49. The van der Waals surface area contributed by atoms with Gasteiger partial charge in [0.25, 0.3) is 0 Å². The average molecular weight is 330 g/mol. The third-order valence-electron chi connectivity index (χ3n) is 5.43. The molecule has 4 heteroatoms. The third kappa shape index (κ3) is 2.34. The minimum absolute atomic E-state index is 0.0718. The van der Waals surface area contributed by atoms with E-state index in [1.54, 1.807) is 6.07 Å². The molecule has 0 amide bonds. The summed E-state index contributed by atoms with van der Waals surface area (Å²) in [6, 6.07) is 8.06. The van der Waals surface area contributed by atoms with Crippen molar-refractivity contribution in [1.82, 2.24) is 0 Å². The minimum atomic E-state index is 0.0718. The maximum atomic E-state index is 9.57. The zero-order valence-corrected chi connectivity index (χ0v) is 15.6. The van der Waals surface area contributed by atoms with Gasteiger partial charge < -0.3 is 9.80 Å². The lowest BCUT2D eigenvalue weighted by atomic mass is 9.97. The molecule has 1 aliphatic heterocycles. The fraction of sp³-hybridized carbons (Fsp3) is 0.333. The van der Waals surface area contributed by atoms with Gasteiger partial charge in [-0.05, 0) is 69.0 Å². The third-order valence-corrected chi connectivity index (χ3v) is 5.43. The van der Waals surface area contributed by atoms with Gasteiger partial charge in [-0.3, -0.25) is 0 Å². The van der Waals surface area contributed by atoms with E-state index in [0.29, 0.717) is 11.3 Å². The molecule has 0 spiro atoms. The van der Waals surface area contributed by atoms with Gasteiger partial charge in [0.2, 0.25) is 0 Å². The second kappa shape index (κ2) is 5.83. The van der Waals surface area contributed by atoms with E-state index in [0.717, 1.165) is 11.4 Å². The lowest BCUT2D eigenvalue weighted by Crippen LogP contribution is -2.36. The molecule has 0 saturated heterocycles. The second-order valence-electron chi connectivity index (χ2n) is 6.81. The van der Waals surface area contributed by atoms with Gasteiger partial charge in [0.1, 0.15) is 12.2 Å². The Kier molecular flexibility index (Phi) is 3.93. The van der Waals surface area contributed by atoms with E-state index in [2.05, 4.69) is 61.4 Å². The number of fused-ring (bicyclic) bond motifs is 1. The molecule has 0 bridgehead atoms. The Hall–Kier alpha value is -2.98. The molecule has 25 heavy (non-hydrogen) atoms. The Morgan fingerprint density at radius 1 is 1.04 bits per heavy atom. The Morgan fingerprint density at radius 2 is 1.72 bits per heavy atom. The van der Waals surface area contributed by atoms with Crippen LogP contribution in [0.3, 0.4) is 0 Å². The van der Waals surface area contributed by atoms with Crippen LogP contribution in [0.1, 0.15) is 34.7 Å². The van der Waals surface area contributed by atoms with Crippen molar-refractivity contribution in [2.75, 3.05) is 16.8 Å². The summed E-state index contributed by atoms with van der Waals surface area (Å²) < 4.78 is 0. The lowest BCUT2D eigenvalue weighted by molar-refractivity contribution is 0.730. The Labute approximate surface area is 149 Å². The van der Waals surface area contributed by atoms with Gasteiger partial charge in [0.05, 0.1) is 23.5 Å². The highest BCUT2D eigenvalue weighted by Gasteiger charge is 2.35. The van der Waals surface area contributed by atoms with E-state index >= 15 is 0 Å². The number of hydrogen-bond acceptors (Lipinski definition) is 3. The van der Waals surface area contributed by atoms with Gasteiger partial charge in [0, 0.05) is 12.7 Å². The fourth-order valence-corrected chi connectivity index (χ4v) is 3.82. The van der Waals surface area contributed by atoms with Crippen LogP contribution in [0.5, 0.6) is 0 Å². The predicted molar refractivity (Wildman–Crippen MR) is 103 cm³/mol. The normalized spacial score (nSPS) is 15.8. The number of rotatable bonds is 1. The Morgan fingerprint density at radius 3 is 2.32 bits per heavy atom. The van der Waals surface area contributed by atoms with Crippen molar-refractivity contribution in [3.05, 3.63) is 57.4 Å². The summed E-state index contributed by atoms with van der Waals surface area (Å²) >= 11 is 0. The first-order valence-electron chi connectivity index (χ1n) is 8.36. The van der Waals surface area contributed by atoms with Gasteiger partial charge in [-0.2, -0.15) is 5.26 Å². The summed E-state index contributed by atoms with van der Waals surface area (Å²) in [5.41, 5.74) is 9.10. The van der Waals surface area contributed by atoms with Gasteiger partial charge in [-0.1, -0.05) is 6.07 Å². The first kappa shape index (κ1) is 16.9. The molecule has 0 radical (unpaired) electrons. The maximum absolute atomic E-state index is 9.57. The first-order valence-corrected chi connectivity index (χ1v) is 8.36. The summed E-state index contributed by atoms with van der Waals surface area (Å²) in [5, 5.41) is 9.57. The van der Waals surface area contributed by atoms with Crippen LogP contribution in [-0.4, -0.2) is 13.2 Å². The van der Waals surface area contributed by atoms with Crippen LogP contribution < -0.4 is 9.80 Å². The highest BCUT2D eigenvalue weighted by molar-refractivity contribution is 5.91. The number of nitrogens with zero attached hydrogens (tertiary/aromatic N) is 4. The smallest absolute Gasteiger partial charge is 0.190 e. The molecule has 2 aromatic carbocycles. The minimum Gasteiger partial charge on any atom is -0.352 e. The molecule has 1 atom stereocenters. The summed E-state index contributed by atoms with van der Waals surface area (Å²) in [4.78, 5) is 7.95. The standard InChI is InChI=1S/C21H22N4/c1-12-8-13(2)20(15(4)14(12)3)25-16(5)24(7)21-17(11-22)9-18(23-6)10-19(21)25/h8-10,16H,1-5,7H3/t16-/m0/s1. The Bertz CT molecular complexity index is 960. The highest BCUT2D eigenvalue weighted by atomic mass is 15.4. The molecular formula is C21H22N4. The molecular weight excluding hydrogens is 308 g/mol. The van der Waals surface area contributed by atoms with E-state index in [-0.39, 0.29) is 6.17 Å². The molecule has 1 aliphatic rings. The van der Waals surface area contributed by atoms with Gasteiger partial charge in [-0.15, -0.1) is 0 Å². The maximum Gasteiger partial charge on any atom is 0.190 e. The van der Waals surface area contributed by atoms with Crippen LogP contribution in [0.25, 0.3) is 4.85 Å². The fourth-order valence-electron chi connectivity index (χ4n) is 3.82. The molecule has 126 valence electrons. The molecule has 0 unspecified atom stereocenters. The second-order valence-corrected chi connectivity index (χ2v) is 6.81. The molecule has 1 heterocycles. The van der Waals surface area contributed by atoms with Crippen LogP contribution in [0.2, 0.25) is 0 Å². The van der Waals surface area contributed by atoms with Gasteiger partial charge in [-0.25, -0.2) is 4.85 Å². The molecule has 3 rings (SSSR count). The first-order chi connectivity index (χ1) is 11.8. The van der Waals surface area contributed by atoms with Crippen molar-refractivity contribution in [2.24, 2.45) is 0 Å². The summed E-state index contributed by atoms with van der Waals surface area (Å²) in [6.07, 6.45) is 0.0718. The molecule has 0 aliphatic carbocycles. The van der Waals surface area contributed by atoms with Crippen molar-refractivity contribution >= 4 is 22.7 Å². The lowest BCUT2D eigenvalue weighted by Gasteiger charge is -2.31. The van der Waals surface area contributed by atoms with Crippen molar-refractivity contribution in [2.45, 2.75) is 40.8 Å². The van der Waals surface area contributed by atoms with Crippen LogP contribution >= 0.6 is 0 Å². The molecule has 0 saturated carbocycles. The van der Waals surface area contributed by atoms with Crippen LogP contribution in [0.15, 0.2) is 18.2 Å². The summed E-state index contributed by atoms with van der Waals surface area (Å²) in [7, 11) is 2.01. The molecule has 0 N–H and O–H groups in total. The van der Waals surface area contributed by atoms with Crippen molar-refractivity contribution in [3.63, 3.8) is 0 Å². The summed E-state index contributed by atoms with van der Waals surface area (Å²) in [6.45, 7) is 18.1.